The predicted molar refractivity (Wildman–Crippen MR) is 39.0 cm³/mol. The first-order chi connectivity index (χ1) is 5.11. The van der Waals surface area contributed by atoms with E-state index in [1.54, 1.807) is 6.92 Å². The first-order valence-electron chi connectivity index (χ1n) is 3.83. The highest BCUT2D eigenvalue weighted by Crippen LogP contribution is 2.20. The van der Waals surface area contributed by atoms with Crippen molar-refractivity contribution in [2.24, 2.45) is 5.92 Å². The molecular formula is C8H12O3. The highest BCUT2D eigenvalue weighted by molar-refractivity contribution is 5.94. The van der Waals surface area contributed by atoms with Crippen LogP contribution in [0.25, 0.3) is 0 Å². The number of aliphatic hydroxyl groups excluding tert-OH is 1. The van der Waals surface area contributed by atoms with Crippen LogP contribution in [0.2, 0.25) is 0 Å². The van der Waals surface area contributed by atoms with Crippen LogP contribution in [0.3, 0.4) is 0 Å². The molecule has 1 fully saturated rings. The Kier molecular flexibility index (Phi) is 2.39. The van der Waals surface area contributed by atoms with Crippen molar-refractivity contribution in [1.82, 2.24) is 0 Å². The molecule has 0 amide bonds. The first-order valence-corrected chi connectivity index (χ1v) is 3.83. The third-order valence-electron chi connectivity index (χ3n) is 2.09. The van der Waals surface area contributed by atoms with Gasteiger partial charge in [0.05, 0.1) is 12.0 Å². The minimum absolute atomic E-state index is 0.0274. The molecule has 62 valence electrons. The number of carbonyl (C=O) groups excluding carboxylic acids is 2. The maximum atomic E-state index is 11.1. The molecule has 3 heteroatoms. The van der Waals surface area contributed by atoms with E-state index in [0.29, 0.717) is 12.8 Å². The summed E-state index contributed by atoms with van der Waals surface area (Å²) in [6, 6.07) is 0. The molecule has 1 aliphatic rings. The van der Waals surface area contributed by atoms with Crippen LogP contribution in [0, 0.1) is 5.92 Å². The Hall–Kier alpha value is -0.700. The fraction of sp³-hybridized carbons (Fsp3) is 0.750. The molecule has 0 aliphatic heterocycles. The van der Waals surface area contributed by atoms with Gasteiger partial charge < -0.3 is 5.11 Å². The van der Waals surface area contributed by atoms with Crippen molar-refractivity contribution in [3.05, 3.63) is 0 Å². The Bertz CT molecular complexity index is 184. The number of hydrogen-bond acceptors (Lipinski definition) is 3. The molecule has 0 radical (unpaired) electrons. The van der Waals surface area contributed by atoms with Gasteiger partial charge in [-0.25, -0.2) is 0 Å². The fourth-order valence-electron chi connectivity index (χ4n) is 1.35. The van der Waals surface area contributed by atoms with Crippen LogP contribution >= 0.6 is 0 Å². The Morgan fingerprint density at radius 1 is 1.45 bits per heavy atom. The van der Waals surface area contributed by atoms with Crippen LogP contribution in [0.1, 0.15) is 26.2 Å². The van der Waals surface area contributed by atoms with E-state index >= 15 is 0 Å². The lowest BCUT2D eigenvalue weighted by molar-refractivity contribution is -0.136. The zero-order valence-electron chi connectivity index (χ0n) is 6.54. The standard InChI is InChI=1S/C8H12O3/c1-5(9)7-4-6(10)2-3-8(7)11/h5,7,9H,2-4H2,1H3. The van der Waals surface area contributed by atoms with Crippen molar-refractivity contribution in [1.29, 1.82) is 0 Å². The highest BCUT2D eigenvalue weighted by atomic mass is 16.3. The third kappa shape index (κ3) is 1.87. The van der Waals surface area contributed by atoms with E-state index in [9.17, 15) is 9.59 Å². The van der Waals surface area contributed by atoms with Gasteiger partial charge in [-0.3, -0.25) is 9.59 Å². The van der Waals surface area contributed by atoms with E-state index in [1.807, 2.05) is 0 Å². The van der Waals surface area contributed by atoms with Gasteiger partial charge in [-0.1, -0.05) is 0 Å². The lowest BCUT2D eigenvalue weighted by atomic mass is 9.84. The lowest BCUT2D eigenvalue weighted by Crippen LogP contribution is -2.32. The SMILES string of the molecule is CC(O)C1CC(=O)CCC1=O. The van der Waals surface area contributed by atoms with Crippen molar-refractivity contribution in [2.75, 3.05) is 0 Å². The largest absolute Gasteiger partial charge is 0.393 e. The Balaban J connectivity index is 2.61. The van der Waals surface area contributed by atoms with Crippen LogP contribution in [0.4, 0.5) is 0 Å². The summed E-state index contributed by atoms with van der Waals surface area (Å²) in [5.41, 5.74) is 0. The fourth-order valence-corrected chi connectivity index (χ4v) is 1.35. The quantitative estimate of drug-likeness (QED) is 0.594. The van der Waals surface area contributed by atoms with E-state index in [4.69, 9.17) is 5.11 Å². The second-order valence-electron chi connectivity index (χ2n) is 3.06. The minimum atomic E-state index is -0.674. The molecule has 2 atom stereocenters. The molecule has 2 unspecified atom stereocenters. The van der Waals surface area contributed by atoms with Gasteiger partial charge in [0.1, 0.15) is 11.6 Å². The number of carbonyl (C=O) groups is 2. The number of hydrogen-bond donors (Lipinski definition) is 1. The zero-order chi connectivity index (χ0) is 8.43. The van der Waals surface area contributed by atoms with Crippen molar-refractivity contribution >= 4 is 11.6 Å². The van der Waals surface area contributed by atoms with E-state index < -0.39 is 12.0 Å². The van der Waals surface area contributed by atoms with Gasteiger partial charge in [-0.2, -0.15) is 0 Å². The summed E-state index contributed by atoms with van der Waals surface area (Å²) < 4.78 is 0. The lowest BCUT2D eigenvalue weighted by Gasteiger charge is -2.21. The van der Waals surface area contributed by atoms with Gasteiger partial charge in [0, 0.05) is 19.3 Å². The van der Waals surface area contributed by atoms with Gasteiger partial charge in [0.25, 0.3) is 0 Å². The average Bonchev–Trinajstić information content (AvgIpc) is 1.94. The molecule has 0 bridgehead atoms. The Morgan fingerprint density at radius 3 is 2.55 bits per heavy atom. The van der Waals surface area contributed by atoms with Crippen molar-refractivity contribution in [2.45, 2.75) is 32.3 Å². The molecule has 11 heavy (non-hydrogen) atoms. The van der Waals surface area contributed by atoms with Gasteiger partial charge in [-0.05, 0) is 6.92 Å². The molecule has 1 rings (SSSR count). The molecule has 0 saturated heterocycles. The second-order valence-corrected chi connectivity index (χ2v) is 3.06. The normalized spacial score (nSPS) is 28.7. The van der Waals surface area contributed by atoms with Crippen LogP contribution in [-0.4, -0.2) is 22.8 Å². The first kappa shape index (κ1) is 8.40. The molecule has 1 saturated carbocycles. The summed E-state index contributed by atoms with van der Waals surface area (Å²) in [6.07, 6.45) is 0.235. The van der Waals surface area contributed by atoms with Crippen LogP contribution in [0.5, 0.6) is 0 Å². The van der Waals surface area contributed by atoms with Crippen LogP contribution in [0.15, 0.2) is 0 Å². The molecule has 0 heterocycles. The Morgan fingerprint density at radius 2 is 2.09 bits per heavy atom. The highest BCUT2D eigenvalue weighted by Gasteiger charge is 2.30. The van der Waals surface area contributed by atoms with Crippen molar-refractivity contribution in [3.8, 4) is 0 Å². The molecule has 1 aliphatic carbocycles. The summed E-state index contributed by atoms with van der Waals surface area (Å²) in [5, 5.41) is 9.09. The van der Waals surface area contributed by atoms with Gasteiger partial charge >= 0.3 is 0 Å². The van der Waals surface area contributed by atoms with Crippen LogP contribution < -0.4 is 0 Å². The van der Waals surface area contributed by atoms with E-state index in [0.717, 1.165) is 0 Å². The number of ketones is 2. The summed E-state index contributed by atoms with van der Waals surface area (Å²) in [5.74, 6) is -0.314. The number of aliphatic hydroxyl groups is 1. The maximum Gasteiger partial charge on any atom is 0.139 e. The number of Topliss-reactive ketones (excluding diaryl/α,β-unsaturated/α-hetero) is 2. The van der Waals surface area contributed by atoms with Gasteiger partial charge in [0.2, 0.25) is 0 Å². The van der Waals surface area contributed by atoms with E-state index in [-0.39, 0.29) is 18.0 Å². The molecule has 0 aromatic carbocycles. The molecule has 0 spiro atoms. The molecule has 0 aromatic heterocycles. The summed E-state index contributed by atoms with van der Waals surface area (Å²) in [6.45, 7) is 1.56. The minimum Gasteiger partial charge on any atom is -0.393 e. The summed E-state index contributed by atoms with van der Waals surface area (Å²) in [7, 11) is 0. The molecular weight excluding hydrogens is 144 g/mol. The van der Waals surface area contributed by atoms with E-state index in [2.05, 4.69) is 0 Å². The third-order valence-corrected chi connectivity index (χ3v) is 2.09. The van der Waals surface area contributed by atoms with Crippen molar-refractivity contribution < 1.29 is 14.7 Å². The average molecular weight is 156 g/mol. The summed E-state index contributed by atoms with van der Waals surface area (Å²) in [4.78, 5) is 21.9. The molecule has 0 aromatic rings. The van der Waals surface area contributed by atoms with Gasteiger partial charge in [0.15, 0.2) is 0 Å². The second kappa shape index (κ2) is 3.13. The van der Waals surface area contributed by atoms with Crippen LogP contribution in [-0.2, 0) is 9.59 Å². The number of rotatable bonds is 1. The summed E-state index contributed by atoms with van der Waals surface area (Å²) >= 11 is 0. The maximum absolute atomic E-state index is 11.1. The predicted octanol–water partition coefficient (Wildman–Crippen LogP) is 0.305. The topological polar surface area (TPSA) is 54.4 Å². The monoisotopic (exact) mass is 156 g/mol. The molecule has 3 nitrogen and oxygen atoms in total. The molecule has 1 N–H and O–H groups in total. The van der Waals surface area contributed by atoms with E-state index in [1.165, 1.54) is 0 Å². The van der Waals surface area contributed by atoms with Gasteiger partial charge in [-0.15, -0.1) is 0 Å². The zero-order valence-corrected chi connectivity index (χ0v) is 6.54. The Labute approximate surface area is 65.4 Å². The van der Waals surface area contributed by atoms with Crippen molar-refractivity contribution in [3.63, 3.8) is 0 Å². The smallest absolute Gasteiger partial charge is 0.139 e.